The largest absolute Gasteiger partial charge is 0.497 e. The average molecular weight is 563 g/mol. The van der Waals surface area contributed by atoms with Crippen LogP contribution in [0.5, 0.6) is 5.75 Å². The van der Waals surface area contributed by atoms with E-state index in [4.69, 9.17) is 19.5 Å². The van der Waals surface area contributed by atoms with E-state index < -0.39 is 16.4 Å². The number of allylic oxidation sites excluding steroid dienone is 1. The van der Waals surface area contributed by atoms with E-state index in [-0.39, 0.29) is 6.09 Å². The lowest BCUT2D eigenvalue weighted by Crippen LogP contribution is -2.69. The molecule has 3 aromatic carbocycles. The Hall–Kier alpha value is -4.39. The van der Waals surface area contributed by atoms with Gasteiger partial charge in [-0.05, 0) is 74.6 Å². The van der Waals surface area contributed by atoms with E-state index in [0.717, 1.165) is 34.1 Å². The third kappa shape index (κ3) is 3.97. The SMILES string of the molecule is C=CC[C@]12C(=NC)N(C(=O)OC(C)(C)C)CC[C@@]13C(=Nc1ccccc12)N(Cc1ccc(OC)cc1)c1ccccc13. The third-order valence-corrected chi connectivity index (χ3v) is 8.73. The van der Waals surface area contributed by atoms with Gasteiger partial charge < -0.3 is 14.4 Å². The Morgan fingerprint density at radius 3 is 2.40 bits per heavy atom. The van der Waals surface area contributed by atoms with Crippen LogP contribution >= 0.6 is 0 Å². The van der Waals surface area contributed by atoms with Crippen LogP contribution in [0.3, 0.4) is 0 Å². The highest BCUT2D eigenvalue weighted by molar-refractivity contribution is 6.21. The maximum absolute atomic E-state index is 13.8. The van der Waals surface area contributed by atoms with Crippen molar-refractivity contribution in [1.29, 1.82) is 0 Å². The molecule has 0 aromatic heterocycles. The van der Waals surface area contributed by atoms with Crippen molar-refractivity contribution in [3.8, 4) is 5.75 Å². The molecule has 216 valence electrons. The summed E-state index contributed by atoms with van der Waals surface area (Å²) in [5.74, 6) is 2.48. The predicted octanol–water partition coefficient (Wildman–Crippen LogP) is 7.18. The Balaban J connectivity index is 1.60. The molecule has 3 aliphatic heterocycles. The third-order valence-electron chi connectivity index (χ3n) is 8.73. The molecule has 1 spiro atoms. The lowest BCUT2D eigenvalue weighted by Gasteiger charge is -2.57. The smallest absolute Gasteiger partial charge is 0.415 e. The molecule has 0 bridgehead atoms. The minimum absolute atomic E-state index is 0.385. The molecular formula is C35H38N4O3. The second-order valence-electron chi connectivity index (χ2n) is 12.1. The quantitative estimate of drug-likeness (QED) is 0.309. The zero-order chi connectivity index (χ0) is 29.7. The number of amidine groups is 2. The molecule has 42 heavy (non-hydrogen) atoms. The number of methoxy groups -OCH3 is 1. The first-order valence-corrected chi connectivity index (χ1v) is 14.5. The number of rotatable bonds is 5. The normalized spacial score (nSPS) is 23.4. The molecule has 3 heterocycles. The number of hydrogen-bond acceptors (Lipinski definition) is 6. The number of benzene rings is 3. The van der Waals surface area contributed by atoms with Gasteiger partial charge in [-0.25, -0.2) is 9.79 Å². The second kappa shape index (κ2) is 10.2. The summed E-state index contributed by atoms with van der Waals surface area (Å²) in [4.78, 5) is 28.2. The molecule has 1 fully saturated rings. The Kier molecular flexibility index (Phi) is 6.71. The number of piperidine rings is 1. The molecule has 2 atom stereocenters. The number of likely N-dealkylation sites (tertiary alicyclic amines) is 1. The van der Waals surface area contributed by atoms with E-state index >= 15 is 0 Å². The molecule has 1 saturated heterocycles. The fraction of sp³-hybridized carbons (Fsp3) is 0.343. The first kappa shape index (κ1) is 27.8. The summed E-state index contributed by atoms with van der Waals surface area (Å²) in [5.41, 5.74) is 3.43. The maximum Gasteiger partial charge on any atom is 0.415 e. The fourth-order valence-electron chi connectivity index (χ4n) is 7.25. The van der Waals surface area contributed by atoms with Gasteiger partial charge in [0.05, 0.1) is 23.6 Å². The van der Waals surface area contributed by atoms with E-state index in [0.29, 0.717) is 31.8 Å². The fourth-order valence-corrected chi connectivity index (χ4v) is 7.25. The van der Waals surface area contributed by atoms with Crippen LogP contribution in [0.15, 0.2) is 95.4 Å². The molecule has 0 radical (unpaired) electrons. The number of carbonyl (C=O) groups is 1. The zero-order valence-corrected chi connectivity index (χ0v) is 25.1. The summed E-state index contributed by atoms with van der Waals surface area (Å²) in [6.07, 6.45) is 2.80. The molecule has 6 rings (SSSR count). The van der Waals surface area contributed by atoms with Crippen LogP contribution in [-0.2, 0) is 22.1 Å². The van der Waals surface area contributed by atoms with Crippen LogP contribution < -0.4 is 9.64 Å². The minimum atomic E-state index is -0.739. The van der Waals surface area contributed by atoms with Crippen molar-refractivity contribution in [3.05, 3.63) is 102 Å². The van der Waals surface area contributed by atoms with Crippen LogP contribution in [-0.4, -0.2) is 49.0 Å². The van der Waals surface area contributed by atoms with Gasteiger partial charge in [-0.1, -0.05) is 54.6 Å². The number of para-hydroxylation sites is 2. The van der Waals surface area contributed by atoms with Crippen LogP contribution in [0, 0.1) is 0 Å². The first-order valence-electron chi connectivity index (χ1n) is 14.5. The van der Waals surface area contributed by atoms with E-state index in [1.54, 1.807) is 19.1 Å². The summed E-state index contributed by atoms with van der Waals surface area (Å²) in [6.45, 7) is 11.0. The Morgan fingerprint density at radius 2 is 1.74 bits per heavy atom. The van der Waals surface area contributed by atoms with Crippen molar-refractivity contribution < 1.29 is 14.3 Å². The second-order valence-corrected chi connectivity index (χ2v) is 12.1. The van der Waals surface area contributed by atoms with Crippen LogP contribution in [0.2, 0.25) is 0 Å². The molecule has 3 aromatic rings. The number of amides is 1. The number of ether oxygens (including phenoxy) is 2. The van der Waals surface area contributed by atoms with Crippen molar-refractivity contribution >= 4 is 29.1 Å². The average Bonchev–Trinajstić information content (AvgIpc) is 3.24. The number of anilines is 1. The number of fused-ring (bicyclic) bond motifs is 3. The van der Waals surface area contributed by atoms with Crippen molar-refractivity contribution in [2.45, 2.75) is 56.6 Å². The van der Waals surface area contributed by atoms with Gasteiger partial charge in [0.1, 0.15) is 23.0 Å². The molecule has 0 saturated carbocycles. The first-order chi connectivity index (χ1) is 20.2. The summed E-state index contributed by atoms with van der Waals surface area (Å²) in [6, 6.07) is 25.1. The monoisotopic (exact) mass is 562 g/mol. The molecular weight excluding hydrogens is 524 g/mol. The van der Waals surface area contributed by atoms with Gasteiger partial charge in [-0.2, -0.15) is 0 Å². The number of hydrogen-bond donors (Lipinski definition) is 0. The maximum atomic E-state index is 13.8. The van der Waals surface area contributed by atoms with Crippen molar-refractivity contribution in [2.75, 3.05) is 25.6 Å². The molecule has 0 N–H and O–H groups in total. The minimum Gasteiger partial charge on any atom is -0.497 e. The molecule has 0 aliphatic carbocycles. The molecule has 3 aliphatic rings. The van der Waals surface area contributed by atoms with Crippen molar-refractivity contribution in [2.24, 2.45) is 9.98 Å². The lowest BCUT2D eigenvalue weighted by atomic mass is 9.50. The Morgan fingerprint density at radius 1 is 1.05 bits per heavy atom. The number of nitrogens with zero attached hydrogens (tertiary/aromatic N) is 4. The zero-order valence-electron chi connectivity index (χ0n) is 25.1. The van der Waals surface area contributed by atoms with Gasteiger partial charge in [-0.3, -0.25) is 9.89 Å². The number of aliphatic imine (C=N–C) groups is 2. The summed E-state index contributed by atoms with van der Waals surface area (Å²) in [5, 5.41) is 0. The van der Waals surface area contributed by atoms with E-state index in [9.17, 15) is 4.79 Å². The van der Waals surface area contributed by atoms with Crippen LogP contribution in [0.25, 0.3) is 0 Å². The van der Waals surface area contributed by atoms with Gasteiger partial charge in [0.25, 0.3) is 0 Å². The van der Waals surface area contributed by atoms with Crippen LogP contribution in [0.1, 0.15) is 50.3 Å². The van der Waals surface area contributed by atoms with Gasteiger partial charge in [-0.15, -0.1) is 6.58 Å². The highest BCUT2D eigenvalue weighted by Crippen LogP contribution is 2.63. The van der Waals surface area contributed by atoms with E-state index in [1.807, 2.05) is 51.1 Å². The van der Waals surface area contributed by atoms with Gasteiger partial charge >= 0.3 is 6.09 Å². The summed E-state index contributed by atoms with van der Waals surface area (Å²) in [7, 11) is 3.46. The van der Waals surface area contributed by atoms with Crippen LogP contribution in [0.4, 0.5) is 16.2 Å². The molecule has 7 heteroatoms. The van der Waals surface area contributed by atoms with Gasteiger partial charge in [0.2, 0.25) is 0 Å². The summed E-state index contributed by atoms with van der Waals surface area (Å²) < 4.78 is 11.3. The highest BCUT2D eigenvalue weighted by Gasteiger charge is 2.69. The predicted molar refractivity (Wildman–Crippen MR) is 168 cm³/mol. The Labute approximate surface area is 248 Å². The standard InChI is InChI=1S/C35H38N4O3/c1-7-20-34-26-12-8-10-14-28(26)37-31-35(34,21-22-38(30(34)36-5)32(40)42-33(2,3)4)27-13-9-11-15-29(27)39(31)23-24-16-18-25(41-6)19-17-24/h7-19H,1,20-23H2,2-6H3/t34-,35+/m0/s1. The highest BCUT2D eigenvalue weighted by atomic mass is 16.6. The Bertz CT molecular complexity index is 1600. The molecule has 0 unspecified atom stereocenters. The van der Waals surface area contributed by atoms with Gasteiger partial charge in [0, 0.05) is 25.8 Å². The number of carbonyl (C=O) groups excluding carboxylic acids is 1. The van der Waals surface area contributed by atoms with Crippen molar-refractivity contribution in [1.82, 2.24) is 4.90 Å². The van der Waals surface area contributed by atoms with E-state index in [2.05, 4.69) is 60.0 Å². The molecule has 1 amide bonds. The lowest BCUT2D eigenvalue weighted by molar-refractivity contribution is 0.0317. The summed E-state index contributed by atoms with van der Waals surface area (Å²) >= 11 is 0. The van der Waals surface area contributed by atoms with Crippen molar-refractivity contribution in [3.63, 3.8) is 0 Å². The topological polar surface area (TPSA) is 66.7 Å². The van der Waals surface area contributed by atoms with E-state index in [1.165, 1.54) is 5.56 Å². The van der Waals surface area contributed by atoms with Gasteiger partial charge in [0.15, 0.2) is 0 Å². The molecule has 7 nitrogen and oxygen atoms in total.